The molecular weight excluding hydrogens is 256 g/mol. The van der Waals surface area contributed by atoms with Crippen LogP contribution in [0.15, 0.2) is 6.33 Å². The standard InChI is InChI=1S/C14H22N4O2/c1-10(14(19)15-7-8-20-2)18-13-11-5-3-4-6-12(11)16-9-17-13/h9-10H,3-8H2,1-2H3,(H,15,19)(H,16,17,18). The number of rotatable bonds is 6. The van der Waals surface area contributed by atoms with Crippen molar-refractivity contribution >= 4 is 11.7 Å². The third-order valence-electron chi connectivity index (χ3n) is 3.48. The van der Waals surface area contributed by atoms with Crippen molar-refractivity contribution in [2.24, 2.45) is 0 Å². The summed E-state index contributed by atoms with van der Waals surface area (Å²) in [7, 11) is 1.61. The van der Waals surface area contributed by atoms with Gasteiger partial charge in [0, 0.05) is 24.9 Å². The van der Waals surface area contributed by atoms with Crippen LogP contribution in [0.1, 0.15) is 31.0 Å². The van der Waals surface area contributed by atoms with Gasteiger partial charge in [-0.2, -0.15) is 0 Å². The maximum absolute atomic E-state index is 11.9. The average Bonchev–Trinajstić information content (AvgIpc) is 2.47. The second-order valence-electron chi connectivity index (χ2n) is 5.00. The number of aromatic nitrogens is 2. The molecule has 2 N–H and O–H groups in total. The molecule has 1 aliphatic rings. The minimum absolute atomic E-state index is 0.0507. The van der Waals surface area contributed by atoms with Gasteiger partial charge < -0.3 is 15.4 Å². The number of hydrogen-bond acceptors (Lipinski definition) is 5. The molecule has 0 saturated carbocycles. The molecule has 1 aromatic heterocycles. The van der Waals surface area contributed by atoms with E-state index >= 15 is 0 Å². The van der Waals surface area contributed by atoms with Crippen LogP contribution >= 0.6 is 0 Å². The topological polar surface area (TPSA) is 76.1 Å². The van der Waals surface area contributed by atoms with E-state index in [-0.39, 0.29) is 11.9 Å². The fraction of sp³-hybridized carbons (Fsp3) is 0.643. The van der Waals surface area contributed by atoms with Crippen molar-refractivity contribution in [2.45, 2.75) is 38.6 Å². The summed E-state index contributed by atoms with van der Waals surface area (Å²) >= 11 is 0. The molecule has 1 atom stereocenters. The smallest absolute Gasteiger partial charge is 0.242 e. The first-order valence-corrected chi connectivity index (χ1v) is 7.08. The molecule has 20 heavy (non-hydrogen) atoms. The van der Waals surface area contributed by atoms with Crippen molar-refractivity contribution in [3.63, 3.8) is 0 Å². The SMILES string of the molecule is COCCNC(=O)C(C)Nc1ncnc2c1CCCC2. The van der Waals surface area contributed by atoms with Crippen molar-refractivity contribution in [3.8, 4) is 0 Å². The molecule has 6 heteroatoms. The first-order chi connectivity index (χ1) is 9.72. The van der Waals surface area contributed by atoms with Gasteiger partial charge in [0.25, 0.3) is 0 Å². The lowest BCUT2D eigenvalue weighted by molar-refractivity contribution is -0.121. The van der Waals surface area contributed by atoms with Crippen LogP contribution in [0.25, 0.3) is 0 Å². The molecule has 6 nitrogen and oxygen atoms in total. The Labute approximate surface area is 119 Å². The number of aryl methyl sites for hydroxylation is 1. The number of ether oxygens (including phenoxy) is 1. The van der Waals surface area contributed by atoms with Crippen LogP contribution in [0.2, 0.25) is 0 Å². The van der Waals surface area contributed by atoms with Crippen LogP contribution in [0.5, 0.6) is 0 Å². The van der Waals surface area contributed by atoms with E-state index in [0.29, 0.717) is 13.2 Å². The molecule has 1 aliphatic carbocycles. The van der Waals surface area contributed by atoms with Crippen LogP contribution in [0, 0.1) is 0 Å². The minimum atomic E-state index is -0.326. The second-order valence-corrected chi connectivity index (χ2v) is 5.00. The van der Waals surface area contributed by atoms with E-state index in [4.69, 9.17) is 4.74 Å². The van der Waals surface area contributed by atoms with Crippen LogP contribution in [-0.2, 0) is 22.4 Å². The fourth-order valence-corrected chi connectivity index (χ4v) is 2.35. The van der Waals surface area contributed by atoms with E-state index in [9.17, 15) is 4.79 Å². The van der Waals surface area contributed by atoms with E-state index in [1.54, 1.807) is 13.4 Å². The van der Waals surface area contributed by atoms with Crippen molar-refractivity contribution < 1.29 is 9.53 Å². The highest BCUT2D eigenvalue weighted by molar-refractivity contribution is 5.84. The number of nitrogens with one attached hydrogen (secondary N) is 2. The Morgan fingerprint density at radius 2 is 2.20 bits per heavy atom. The number of methoxy groups -OCH3 is 1. The third-order valence-corrected chi connectivity index (χ3v) is 3.48. The number of nitrogens with zero attached hydrogens (tertiary/aromatic N) is 2. The number of carbonyl (C=O) groups excluding carboxylic acids is 1. The molecule has 0 aliphatic heterocycles. The Morgan fingerprint density at radius 3 is 3.00 bits per heavy atom. The van der Waals surface area contributed by atoms with Crippen molar-refractivity contribution in [3.05, 3.63) is 17.6 Å². The molecule has 0 aromatic carbocycles. The van der Waals surface area contributed by atoms with Gasteiger partial charge in [0.1, 0.15) is 18.2 Å². The maximum atomic E-state index is 11.9. The summed E-state index contributed by atoms with van der Waals surface area (Å²) in [6.45, 7) is 2.87. The van der Waals surface area contributed by atoms with Gasteiger partial charge in [-0.25, -0.2) is 9.97 Å². The normalized spacial score (nSPS) is 15.3. The summed E-state index contributed by atoms with van der Waals surface area (Å²) < 4.78 is 4.91. The van der Waals surface area contributed by atoms with E-state index in [1.165, 1.54) is 6.42 Å². The Balaban J connectivity index is 1.97. The van der Waals surface area contributed by atoms with Gasteiger partial charge in [0.05, 0.1) is 6.61 Å². The molecule has 1 unspecified atom stereocenters. The van der Waals surface area contributed by atoms with Crippen molar-refractivity contribution in [2.75, 3.05) is 25.6 Å². The lowest BCUT2D eigenvalue weighted by atomic mass is 9.96. The summed E-state index contributed by atoms with van der Waals surface area (Å²) in [4.78, 5) is 20.5. The number of carbonyl (C=O) groups is 1. The molecule has 110 valence electrons. The summed E-state index contributed by atoms with van der Waals surface area (Å²) in [6.07, 6.45) is 5.89. The minimum Gasteiger partial charge on any atom is -0.383 e. The highest BCUT2D eigenvalue weighted by Gasteiger charge is 2.19. The second kappa shape index (κ2) is 7.19. The number of anilines is 1. The van der Waals surface area contributed by atoms with Gasteiger partial charge in [-0.3, -0.25) is 4.79 Å². The van der Waals surface area contributed by atoms with Gasteiger partial charge >= 0.3 is 0 Å². The quantitative estimate of drug-likeness (QED) is 0.757. The predicted molar refractivity (Wildman–Crippen MR) is 76.6 cm³/mol. The van der Waals surface area contributed by atoms with Gasteiger partial charge in [0.15, 0.2) is 0 Å². The van der Waals surface area contributed by atoms with Gasteiger partial charge in [-0.15, -0.1) is 0 Å². The van der Waals surface area contributed by atoms with E-state index < -0.39 is 0 Å². The highest BCUT2D eigenvalue weighted by Crippen LogP contribution is 2.24. The number of fused-ring (bicyclic) bond motifs is 1. The molecule has 0 radical (unpaired) electrons. The monoisotopic (exact) mass is 278 g/mol. The number of hydrogen-bond donors (Lipinski definition) is 2. The van der Waals surface area contributed by atoms with Crippen LogP contribution in [0.4, 0.5) is 5.82 Å². The third kappa shape index (κ3) is 3.66. The van der Waals surface area contributed by atoms with E-state index in [0.717, 1.165) is 36.3 Å². The van der Waals surface area contributed by atoms with E-state index in [2.05, 4.69) is 20.6 Å². The summed E-state index contributed by atoms with van der Waals surface area (Å²) in [5, 5.41) is 6.01. The molecule has 0 bridgehead atoms. The first-order valence-electron chi connectivity index (χ1n) is 7.08. The molecule has 0 spiro atoms. The molecule has 0 fully saturated rings. The zero-order valence-corrected chi connectivity index (χ0v) is 12.1. The Kier molecular flexibility index (Phi) is 5.29. The predicted octanol–water partition coefficient (Wildman–Crippen LogP) is 0.918. The van der Waals surface area contributed by atoms with Gasteiger partial charge in [-0.05, 0) is 32.6 Å². The maximum Gasteiger partial charge on any atom is 0.242 e. The molecule has 1 amide bonds. The number of amides is 1. The molecule has 2 rings (SSSR count). The van der Waals surface area contributed by atoms with Crippen molar-refractivity contribution in [1.29, 1.82) is 0 Å². The summed E-state index contributed by atoms with van der Waals surface area (Å²) in [5.41, 5.74) is 2.27. The largest absolute Gasteiger partial charge is 0.383 e. The van der Waals surface area contributed by atoms with Crippen LogP contribution < -0.4 is 10.6 Å². The summed E-state index contributed by atoms with van der Waals surface area (Å²) in [6, 6.07) is -0.326. The molecule has 1 aromatic rings. The van der Waals surface area contributed by atoms with Crippen molar-refractivity contribution in [1.82, 2.24) is 15.3 Å². The zero-order valence-electron chi connectivity index (χ0n) is 12.1. The zero-order chi connectivity index (χ0) is 14.4. The molecular formula is C14H22N4O2. The van der Waals surface area contributed by atoms with Crippen LogP contribution in [-0.4, -0.2) is 42.2 Å². The lowest BCUT2D eigenvalue weighted by Gasteiger charge is -2.20. The van der Waals surface area contributed by atoms with Gasteiger partial charge in [0.2, 0.25) is 5.91 Å². The Hall–Kier alpha value is -1.69. The fourth-order valence-electron chi connectivity index (χ4n) is 2.35. The Morgan fingerprint density at radius 1 is 1.40 bits per heavy atom. The molecule has 0 saturated heterocycles. The Bertz CT molecular complexity index is 464. The van der Waals surface area contributed by atoms with Crippen LogP contribution in [0.3, 0.4) is 0 Å². The highest BCUT2D eigenvalue weighted by atomic mass is 16.5. The van der Waals surface area contributed by atoms with E-state index in [1.807, 2.05) is 6.92 Å². The first kappa shape index (κ1) is 14.7. The van der Waals surface area contributed by atoms with Gasteiger partial charge in [-0.1, -0.05) is 0 Å². The average molecular weight is 278 g/mol. The summed E-state index contributed by atoms with van der Waals surface area (Å²) in [5.74, 6) is 0.745. The lowest BCUT2D eigenvalue weighted by Crippen LogP contribution is -2.39. The molecule has 1 heterocycles.